The van der Waals surface area contributed by atoms with Gasteiger partial charge in [0.2, 0.25) is 0 Å². The maximum absolute atomic E-state index is 14.0. The summed E-state index contributed by atoms with van der Waals surface area (Å²) in [5.41, 5.74) is 4.20. The smallest absolute Gasteiger partial charge is 0.139 e. The zero-order chi connectivity index (χ0) is 11.9. The molecule has 2 aliphatic rings. The molecule has 1 N–H and O–H groups in total. The number of hydroxylamine groups is 1. The number of nitrogens with one attached hydrogen (secondary N) is 1. The van der Waals surface area contributed by atoms with Crippen LogP contribution < -0.4 is 10.9 Å². The third-order valence-corrected chi connectivity index (χ3v) is 3.78. The lowest BCUT2D eigenvalue weighted by Gasteiger charge is -2.37. The number of ether oxygens (including phenoxy) is 1. The molecule has 1 aromatic carbocycles. The van der Waals surface area contributed by atoms with Crippen molar-refractivity contribution >= 4 is 13.3 Å². The van der Waals surface area contributed by atoms with Gasteiger partial charge in [0, 0.05) is 18.1 Å². The summed E-state index contributed by atoms with van der Waals surface area (Å²) in [6.45, 7) is 1.82. The van der Waals surface area contributed by atoms with Crippen molar-refractivity contribution in [1.29, 1.82) is 0 Å². The molecule has 0 saturated carbocycles. The van der Waals surface area contributed by atoms with E-state index in [2.05, 4.69) is 5.48 Å². The van der Waals surface area contributed by atoms with Crippen LogP contribution >= 0.6 is 0 Å². The van der Waals surface area contributed by atoms with Gasteiger partial charge in [0.1, 0.15) is 13.7 Å². The molecule has 17 heavy (non-hydrogen) atoms. The molecule has 2 atom stereocenters. The Balaban J connectivity index is 2.08. The molecule has 5 heteroatoms. The second kappa shape index (κ2) is 4.08. The number of benzene rings is 1. The van der Waals surface area contributed by atoms with Crippen LogP contribution in [0.3, 0.4) is 0 Å². The fraction of sp³-hybridized carbons (Fsp3) is 0.500. The average molecular weight is 235 g/mol. The summed E-state index contributed by atoms with van der Waals surface area (Å²) >= 11 is 0. The summed E-state index contributed by atoms with van der Waals surface area (Å²) in [4.78, 5) is 5.35. The Labute approximate surface area is 101 Å². The third kappa shape index (κ3) is 1.69. The normalized spacial score (nSPS) is 32.4. The van der Waals surface area contributed by atoms with Crippen LogP contribution in [0.15, 0.2) is 18.2 Å². The van der Waals surface area contributed by atoms with E-state index in [0.717, 1.165) is 18.5 Å². The van der Waals surface area contributed by atoms with Crippen LogP contribution in [0.5, 0.6) is 0 Å². The van der Waals surface area contributed by atoms with Crippen molar-refractivity contribution in [2.75, 3.05) is 19.8 Å². The van der Waals surface area contributed by atoms with Gasteiger partial charge in [-0.15, -0.1) is 0 Å². The highest BCUT2D eigenvalue weighted by atomic mass is 19.1. The van der Waals surface area contributed by atoms with Gasteiger partial charge >= 0.3 is 0 Å². The van der Waals surface area contributed by atoms with Gasteiger partial charge in [-0.3, -0.25) is 0 Å². The minimum atomic E-state index is -0.506. The topological polar surface area (TPSA) is 30.5 Å². The third-order valence-electron chi connectivity index (χ3n) is 3.78. The number of fused-ring (bicyclic) bond motifs is 1. The van der Waals surface area contributed by atoms with Crippen LogP contribution in [0.25, 0.3) is 0 Å². The van der Waals surface area contributed by atoms with Crippen LogP contribution in [0, 0.1) is 11.7 Å². The fourth-order valence-corrected chi connectivity index (χ4v) is 2.77. The first-order valence-corrected chi connectivity index (χ1v) is 5.96. The maximum atomic E-state index is 14.0. The van der Waals surface area contributed by atoms with Crippen molar-refractivity contribution in [2.45, 2.75) is 12.0 Å². The van der Waals surface area contributed by atoms with E-state index in [9.17, 15) is 4.39 Å². The molecule has 1 aromatic rings. The molecule has 0 amide bonds. The van der Waals surface area contributed by atoms with Gasteiger partial charge in [-0.25, -0.2) is 4.39 Å². The van der Waals surface area contributed by atoms with Gasteiger partial charge in [0.05, 0.1) is 18.8 Å². The Morgan fingerprint density at radius 3 is 3.24 bits per heavy atom. The lowest BCUT2D eigenvalue weighted by atomic mass is 9.75. The Morgan fingerprint density at radius 1 is 1.47 bits per heavy atom. The van der Waals surface area contributed by atoms with E-state index >= 15 is 0 Å². The molecule has 2 aliphatic heterocycles. The fourth-order valence-electron chi connectivity index (χ4n) is 2.77. The lowest BCUT2D eigenvalue weighted by Crippen LogP contribution is -2.50. The van der Waals surface area contributed by atoms with Crippen LogP contribution in [-0.2, 0) is 15.1 Å². The molecule has 0 aromatic heterocycles. The van der Waals surface area contributed by atoms with E-state index < -0.39 is 5.54 Å². The van der Waals surface area contributed by atoms with Gasteiger partial charge < -0.3 is 9.57 Å². The molecule has 0 aliphatic carbocycles. The van der Waals surface area contributed by atoms with E-state index in [1.807, 2.05) is 13.9 Å². The van der Waals surface area contributed by atoms with Crippen LogP contribution in [0.1, 0.15) is 12.0 Å². The van der Waals surface area contributed by atoms with Crippen molar-refractivity contribution < 1.29 is 14.0 Å². The molecular formula is C12H15BFNO2. The molecule has 2 heterocycles. The monoisotopic (exact) mass is 235 g/mol. The first-order valence-electron chi connectivity index (χ1n) is 5.96. The van der Waals surface area contributed by atoms with E-state index in [0.29, 0.717) is 18.8 Å². The summed E-state index contributed by atoms with van der Waals surface area (Å²) in [5.74, 6) is 0.0941. The van der Waals surface area contributed by atoms with Crippen LogP contribution in [0.4, 0.5) is 4.39 Å². The summed E-state index contributed by atoms with van der Waals surface area (Å²) < 4.78 is 19.6. The van der Waals surface area contributed by atoms with Crippen molar-refractivity contribution in [1.82, 2.24) is 5.48 Å². The first-order chi connectivity index (χ1) is 8.22. The van der Waals surface area contributed by atoms with E-state index in [-0.39, 0.29) is 11.7 Å². The molecule has 3 nitrogen and oxygen atoms in total. The van der Waals surface area contributed by atoms with Gasteiger partial charge in [-0.2, -0.15) is 5.48 Å². The summed E-state index contributed by atoms with van der Waals surface area (Å²) in [7, 11) is 1.97. The maximum Gasteiger partial charge on any atom is 0.139 e. The standard InChI is InChI=1S/C12H15BFNO2/c13-9-1-2-11(14)10(5-9)12-7-16-4-3-8(12)6-17-15-12/h1-2,5,8,15H,3-4,6-7,13H2/t8?,12-/m0/s1. The van der Waals surface area contributed by atoms with Gasteiger partial charge in [0.25, 0.3) is 0 Å². The van der Waals surface area contributed by atoms with E-state index in [4.69, 9.17) is 9.57 Å². The Morgan fingerprint density at radius 2 is 2.35 bits per heavy atom. The Kier molecular flexibility index (Phi) is 2.69. The molecule has 0 bridgehead atoms. The molecule has 1 unspecified atom stereocenters. The second-order valence-corrected chi connectivity index (χ2v) is 4.91. The number of rotatable bonds is 1. The molecule has 90 valence electrons. The zero-order valence-electron chi connectivity index (χ0n) is 9.83. The molecule has 3 rings (SSSR count). The summed E-state index contributed by atoms with van der Waals surface area (Å²) in [6, 6.07) is 5.19. The number of halogens is 1. The molecule has 0 spiro atoms. The van der Waals surface area contributed by atoms with Crippen molar-refractivity contribution in [2.24, 2.45) is 5.92 Å². The predicted molar refractivity (Wildman–Crippen MR) is 64.3 cm³/mol. The van der Waals surface area contributed by atoms with Crippen LogP contribution in [0.2, 0.25) is 0 Å². The van der Waals surface area contributed by atoms with Gasteiger partial charge in [-0.1, -0.05) is 17.6 Å². The van der Waals surface area contributed by atoms with Gasteiger partial charge in [0.15, 0.2) is 0 Å². The largest absolute Gasteiger partial charge is 0.379 e. The predicted octanol–water partition coefficient (Wildman–Crippen LogP) is -0.149. The molecule has 0 radical (unpaired) electrons. The van der Waals surface area contributed by atoms with Crippen LogP contribution in [-0.4, -0.2) is 27.7 Å². The molecule has 2 saturated heterocycles. The highest BCUT2D eigenvalue weighted by molar-refractivity contribution is 6.32. The quantitative estimate of drug-likeness (QED) is 0.687. The van der Waals surface area contributed by atoms with Crippen molar-refractivity contribution in [3.05, 3.63) is 29.6 Å². The van der Waals surface area contributed by atoms with Gasteiger partial charge in [-0.05, 0) is 12.5 Å². The Hall–Kier alpha value is -0.905. The highest BCUT2D eigenvalue weighted by Crippen LogP contribution is 2.40. The van der Waals surface area contributed by atoms with Crippen molar-refractivity contribution in [3.8, 4) is 0 Å². The highest BCUT2D eigenvalue weighted by Gasteiger charge is 2.49. The SMILES string of the molecule is Bc1ccc(F)c([C@]23COCCC2CON3)c1. The summed E-state index contributed by atoms with van der Waals surface area (Å²) in [6.07, 6.45) is 0.903. The second-order valence-electron chi connectivity index (χ2n) is 4.91. The average Bonchev–Trinajstić information content (AvgIpc) is 2.77. The molecular weight excluding hydrogens is 220 g/mol. The van der Waals surface area contributed by atoms with Crippen molar-refractivity contribution in [3.63, 3.8) is 0 Å². The Bertz CT molecular complexity index is 443. The number of hydrogen-bond acceptors (Lipinski definition) is 3. The summed E-state index contributed by atoms with van der Waals surface area (Å²) in [5, 5.41) is 0. The minimum Gasteiger partial charge on any atom is -0.379 e. The lowest BCUT2D eigenvalue weighted by molar-refractivity contribution is -0.0225. The van der Waals surface area contributed by atoms with E-state index in [1.165, 1.54) is 6.07 Å². The zero-order valence-corrected chi connectivity index (χ0v) is 9.83. The minimum absolute atomic E-state index is 0.191. The first kappa shape index (κ1) is 11.2. The number of hydrogen-bond donors (Lipinski definition) is 1. The van der Waals surface area contributed by atoms with E-state index in [1.54, 1.807) is 6.07 Å². The molecule has 2 fully saturated rings.